The van der Waals surface area contributed by atoms with Crippen LogP contribution in [0.25, 0.3) is 0 Å². The van der Waals surface area contributed by atoms with Crippen molar-refractivity contribution < 1.29 is 4.79 Å². The highest BCUT2D eigenvalue weighted by Gasteiger charge is 2.38. The van der Waals surface area contributed by atoms with Gasteiger partial charge >= 0.3 is 0 Å². The Labute approximate surface area is 107 Å². The average Bonchev–Trinajstić information content (AvgIpc) is 2.31. The van der Waals surface area contributed by atoms with E-state index in [4.69, 9.17) is 0 Å². The van der Waals surface area contributed by atoms with Crippen LogP contribution in [0.4, 0.5) is 11.6 Å². The van der Waals surface area contributed by atoms with Crippen molar-refractivity contribution >= 4 is 17.5 Å². The van der Waals surface area contributed by atoms with E-state index in [2.05, 4.69) is 20.6 Å². The lowest BCUT2D eigenvalue weighted by Crippen LogP contribution is -2.62. The highest BCUT2D eigenvalue weighted by Crippen LogP contribution is 2.25. The molecule has 0 radical (unpaired) electrons. The minimum Gasteiger partial charge on any atom is -0.373 e. The fourth-order valence-electron chi connectivity index (χ4n) is 2.12. The summed E-state index contributed by atoms with van der Waals surface area (Å²) in [6, 6.07) is 1.87. The molecule has 0 aromatic carbocycles. The molecular formula is C12H19N5O. The zero-order chi connectivity index (χ0) is 13.3. The lowest BCUT2D eigenvalue weighted by Gasteiger charge is -2.42. The number of hydrogen-bond acceptors (Lipinski definition) is 5. The van der Waals surface area contributed by atoms with Crippen molar-refractivity contribution in [2.45, 2.75) is 26.3 Å². The summed E-state index contributed by atoms with van der Waals surface area (Å²) in [5.41, 5.74) is -0.593. The summed E-state index contributed by atoms with van der Waals surface area (Å²) in [6.07, 6.45) is 0. The molecule has 18 heavy (non-hydrogen) atoms. The number of nitrogens with zero attached hydrogens (tertiary/aromatic N) is 3. The number of amides is 1. The summed E-state index contributed by atoms with van der Waals surface area (Å²) in [5.74, 6) is 2.26. The molecule has 6 nitrogen and oxygen atoms in total. The normalized spacial score (nSPS) is 18.4. The van der Waals surface area contributed by atoms with E-state index in [1.54, 1.807) is 0 Å². The van der Waals surface area contributed by atoms with Crippen LogP contribution in [0.2, 0.25) is 0 Å². The molecular weight excluding hydrogens is 230 g/mol. The summed E-state index contributed by atoms with van der Waals surface area (Å²) in [4.78, 5) is 22.6. The summed E-state index contributed by atoms with van der Waals surface area (Å²) in [6.45, 7) is 7.04. The maximum absolute atomic E-state index is 11.9. The standard InChI is InChI=1S/C12H19N5O/c1-8-15-9(13-4)7-10(16-8)17-6-5-14-11(18)12(17,2)3/h7H,5-6H2,1-4H3,(H,14,18)(H,13,15,16). The molecule has 0 unspecified atom stereocenters. The van der Waals surface area contributed by atoms with E-state index in [0.29, 0.717) is 12.4 Å². The Hall–Kier alpha value is -1.85. The first-order valence-electron chi connectivity index (χ1n) is 6.04. The lowest BCUT2D eigenvalue weighted by atomic mass is 9.99. The molecule has 2 rings (SSSR count). The summed E-state index contributed by atoms with van der Waals surface area (Å²) in [7, 11) is 1.82. The van der Waals surface area contributed by atoms with E-state index < -0.39 is 5.54 Å². The Morgan fingerprint density at radius 3 is 2.83 bits per heavy atom. The number of anilines is 2. The zero-order valence-corrected chi connectivity index (χ0v) is 11.2. The van der Waals surface area contributed by atoms with Gasteiger partial charge in [-0.25, -0.2) is 9.97 Å². The maximum atomic E-state index is 11.9. The molecule has 1 aliphatic heterocycles. The molecule has 1 aromatic rings. The molecule has 0 bridgehead atoms. The third-order valence-corrected chi connectivity index (χ3v) is 3.21. The van der Waals surface area contributed by atoms with Crippen LogP contribution >= 0.6 is 0 Å². The van der Waals surface area contributed by atoms with E-state index in [1.807, 2.05) is 38.8 Å². The van der Waals surface area contributed by atoms with Crippen LogP contribution in [-0.2, 0) is 4.79 Å². The average molecular weight is 249 g/mol. The van der Waals surface area contributed by atoms with Gasteiger partial charge in [0.05, 0.1) is 0 Å². The van der Waals surface area contributed by atoms with Crippen molar-refractivity contribution in [3.63, 3.8) is 0 Å². The maximum Gasteiger partial charge on any atom is 0.245 e. The summed E-state index contributed by atoms with van der Waals surface area (Å²) >= 11 is 0. The third-order valence-electron chi connectivity index (χ3n) is 3.21. The number of aromatic nitrogens is 2. The number of aryl methyl sites for hydroxylation is 1. The molecule has 1 aromatic heterocycles. The number of rotatable bonds is 2. The zero-order valence-electron chi connectivity index (χ0n) is 11.2. The van der Waals surface area contributed by atoms with Gasteiger partial charge in [0.1, 0.15) is 23.0 Å². The largest absolute Gasteiger partial charge is 0.373 e. The molecule has 0 spiro atoms. The topological polar surface area (TPSA) is 70.2 Å². The Morgan fingerprint density at radius 2 is 2.17 bits per heavy atom. The Morgan fingerprint density at radius 1 is 1.44 bits per heavy atom. The van der Waals surface area contributed by atoms with Crippen LogP contribution in [0.15, 0.2) is 6.07 Å². The quantitative estimate of drug-likeness (QED) is 0.800. The van der Waals surface area contributed by atoms with Crippen molar-refractivity contribution in [1.29, 1.82) is 0 Å². The fourth-order valence-corrected chi connectivity index (χ4v) is 2.12. The van der Waals surface area contributed by atoms with Gasteiger partial charge in [-0.15, -0.1) is 0 Å². The second-order valence-electron chi connectivity index (χ2n) is 4.88. The SMILES string of the molecule is CNc1cc(N2CCNC(=O)C2(C)C)nc(C)n1. The first-order chi connectivity index (χ1) is 8.45. The van der Waals surface area contributed by atoms with Gasteiger partial charge in [0, 0.05) is 26.2 Å². The predicted octanol–water partition coefficient (Wildman–Crippen LogP) is 0.542. The van der Waals surface area contributed by atoms with E-state index in [9.17, 15) is 4.79 Å². The molecule has 2 heterocycles. The minimum absolute atomic E-state index is 0.0241. The molecule has 1 fully saturated rings. The summed E-state index contributed by atoms with van der Waals surface area (Å²) in [5, 5.41) is 5.88. The molecule has 1 amide bonds. The van der Waals surface area contributed by atoms with Gasteiger partial charge < -0.3 is 15.5 Å². The van der Waals surface area contributed by atoms with Crippen LogP contribution in [0, 0.1) is 6.92 Å². The number of carbonyl (C=O) groups is 1. The van der Waals surface area contributed by atoms with Crippen LogP contribution < -0.4 is 15.5 Å². The van der Waals surface area contributed by atoms with Crippen molar-refractivity contribution in [1.82, 2.24) is 15.3 Å². The molecule has 2 N–H and O–H groups in total. The fraction of sp³-hybridized carbons (Fsp3) is 0.583. The van der Waals surface area contributed by atoms with Crippen LogP contribution in [0.1, 0.15) is 19.7 Å². The van der Waals surface area contributed by atoms with E-state index in [-0.39, 0.29) is 5.91 Å². The first-order valence-corrected chi connectivity index (χ1v) is 6.04. The Balaban J connectivity index is 2.41. The van der Waals surface area contributed by atoms with Gasteiger partial charge in [-0.2, -0.15) is 0 Å². The first kappa shape index (κ1) is 12.6. The van der Waals surface area contributed by atoms with Crippen molar-refractivity contribution in [3.05, 3.63) is 11.9 Å². The van der Waals surface area contributed by atoms with E-state index >= 15 is 0 Å². The lowest BCUT2D eigenvalue weighted by molar-refractivity contribution is -0.126. The van der Waals surface area contributed by atoms with Gasteiger partial charge in [0.15, 0.2) is 0 Å². The molecule has 0 atom stereocenters. The number of nitrogens with one attached hydrogen (secondary N) is 2. The van der Waals surface area contributed by atoms with Crippen LogP contribution in [0.3, 0.4) is 0 Å². The third kappa shape index (κ3) is 2.10. The van der Waals surface area contributed by atoms with Gasteiger partial charge in [-0.3, -0.25) is 4.79 Å². The van der Waals surface area contributed by atoms with Gasteiger partial charge in [-0.1, -0.05) is 0 Å². The molecule has 0 saturated carbocycles. The number of piperazine rings is 1. The number of hydrogen-bond donors (Lipinski definition) is 2. The highest BCUT2D eigenvalue weighted by atomic mass is 16.2. The van der Waals surface area contributed by atoms with E-state index in [0.717, 1.165) is 18.2 Å². The van der Waals surface area contributed by atoms with E-state index in [1.165, 1.54) is 0 Å². The second kappa shape index (κ2) is 4.44. The predicted molar refractivity (Wildman–Crippen MR) is 70.8 cm³/mol. The van der Waals surface area contributed by atoms with Gasteiger partial charge in [0.2, 0.25) is 5.91 Å². The molecule has 0 aliphatic carbocycles. The molecule has 1 aliphatic rings. The Kier molecular flexibility index (Phi) is 3.11. The smallest absolute Gasteiger partial charge is 0.245 e. The van der Waals surface area contributed by atoms with Gasteiger partial charge in [0.25, 0.3) is 0 Å². The number of carbonyl (C=O) groups excluding carboxylic acids is 1. The molecule has 98 valence electrons. The van der Waals surface area contributed by atoms with Crippen LogP contribution in [0.5, 0.6) is 0 Å². The highest BCUT2D eigenvalue weighted by molar-refractivity contribution is 5.90. The Bertz CT molecular complexity index is 472. The van der Waals surface area contributed by atoms with Gasteiger partial charge in [-0.05, 0) is 20.8 Å². The van der Waals surface area contributed by atoms with Crippen molar-refractivity contribution in [3.8, 4) is 0 Å². The second-order valence-corrected chi connectivity index (χ2v) is 4.88. The minimum atomic E-state index is -0.593. The van der Waals surface area contributed by atoms with Crippen molar-refractivity contribution in [2.24, 2.45) is 0 Å². The van der Waals surface area contributed by atoms with Crippen LogP contribution in [-0.4, -0.2) is 41.6 Å². The molecule has 6 heteroatoms. The van der Waals surface area contributed by atoms with Crippen molar-refractivity contribution in [2.75, 3.05) is 30.4 Å². The molecule has 1 saturated heterocycles. The summed E-state index contributed by atoms with van der Waals surface area (Å²) < 4.78 is 0. The monoisotopic (exact) mass is 249 g/mol.